The van der Waals surface area contributed by atoms with E-state index in [-0.39, 0.29) is 9.52 Å². The molecule has 0 aromatic heterocycles. The molecule has 0 aliphatic carbocycles. The van der Waals surface area contributed by atoms with Gasteiger partial charge < -0.3 is 0 Å². The highest BCUT2D eigenvalue weighted by Gasteiger charge is 1.92. The van der Waals surface area contributed by atoms with Gasteiger partial charge in [0.15, 0.2) is 0 Å². The van der Waals surface area contributed by atoms with Crippen molar-refractivity contribution in [1.29, 1.82) is 0 Å². The van der Waals surface area contributed by atoms with Gasteiger partial charge in [0.2, 0.25) is 0 Å². The van der Waals surface area contributed by atoms with E-state index in [4.69, 9.17) is 11.6 Å². The lowest BCUT2D eigenvalue weighted by atomic mass is 10.4. The maximum absolute atomic E-state index is 5.67. The third-order valence-corrected chi connectivity index (χ3v) is 3.94. The Balaban J connectivity index is 2.45. The maximum atomic E-state index is 5.67. The van der Waals surface area contributed by atoms with Crippen molar-refractivity contribution in [1.82, 2.24) is 0 Å². The minimum absolute atomic E-state index is 0.190. The quantitative estimate of drug-likeness (QED) is 0.624. The van der Waals surface area contributed by atoms with E-state index in [0.717, 1.165) is 11.1 Å². The van der Waals surface area contributed by atoms with Crippen molar-refractivity contribution in [2.75, 3.05) is 0 Å². The molecule has 2 heteroatoms. The van der Waals surface area contributed by atoms with Crippen LogP contribution in [-0.2, 0) is 0 Å². The first-order chi connectivity index (χ1) is 5.29. The van der Waals surface area contributed by atoms with Crippen LogP contribution in [0.5, 0.6) is 0 Å². The van der Waals surface area contributed by atoms with Crippen LogP contribution in [0.2, 0.25) is 6.04 Å². The zero-order chi connectivity index (χ0) is 8.10. The Hall–Kier alpha value is -0.533. The van der Waals surface area contributed by atoms with Crippen LogP contribution in [0.15, 0.2) is 41.9 Å². The lowest BCUT2D eigenvalue weighted by Gasteiger charge is -1.96. The molecular weight excluding hydrogens is 172 g/mol. The minimum atomic E-state index is -0.190. The molecule has 1 aromatic carbocycles. The average molecular weight is 183 g/mol. The second-order valence-corrected chi connectivity index (χ2v) is 4.85. The Morgan fingerprint density at radius 3 is 2.55 bits per heavy atom. The fourth-order valence-electron chi connectivity index (χ4n) is 0.925. The molecule has 11 heavy (non-hydrogen) atoms. The summed E-state index contributed by atoms with van der Waals surface area (Å²) in [5, 5.41) is 2.25. The zero-order valence-corrected chi connectivity index (χ0v) is 8.56. The molecular formula is C9H11ClSi. The summed E-state index contributed by atoms with van der Waals surface area (Å²) in [7, 11) is -0.190. The Kier molecular flexibility index (Phi) is 3.40. The number of halogens is 1. The van der Waals surface area contributed by atoms with E-state index in [0.29, 0.717) is 0 Å². The number of benzene rings is 1. The zero-order valence-electron chi connectivity index (χ0n) is 6.39. The molecule has 0 nitrogen and oxygen atoms in total. The van der Waals surface area contributed by atoms with Gasteiger partial charge in [-0.05, 0) is 6.04 Å². The van der Waals surface area contributed by atoms with Gasteiger partial charge in [0, 0.05) is 5.03 Å². The highest BCUT2D eigenvalue weighted by molar-refractivity contribution is 6.56. The SMILES string of the molecule is C=C(Cl)C[SiH2]c1ccccc1. The molecule has 0 spiro atoms. The topological polar surface area (TPSA) is 0 Å². The summed E-state index contributed by atoms with van der Waals surface area (Å²) in [4.78, 5) is 0. The summed E-state index contributed by atoms with van der Waals surface area (Å²) in [6.45, 7) is 3.67. The third kappa shape index (κ3) is 3.40. The lowest BCUT2D eigenvalue weighted by molar-refractivity contribution is 1.64. The summed E-state index contributed by atoms with van der Waals surface area (Å²) < 4.78 is 0. The molecule has 0 fully saturated rings. The van der Waals surface area contributed by atoms with Crippen molar-refractivity contribution in [2.24, 2.45) is 0 Å². The van der Waals surface area contributed by atoms with E-state index in [1.165, 1.54) is 5.19 Å². The van der Waals surface area contributed by atoms with E-state index >= 15 is 0 Å². The number of hydrogen-bond donors (Lipinski definition) is 0. The van der Waals surface area contributed by atoms with Gasteiger partial charge in [-0.25, -0.2) is 0 Å². The molecule has 0 atom stereocenters. The van der Waals surface area contributed by atoms with Gasteiger partial charge in [0.05, 0.1) is 9.52 Å². The molecule has 0 bridgehead atoms. The fraction of sp³-hybridized carbons (Fsp3) is 0.111. The molecule has 0 aliphatic heterocycles. The van der Waals surface area contributed by atoms with Gasteiger partial charge in [-0.15, -0.1) is 0 Å². The van der Waals surface area contributed by atoms with Crippen LogP contribution < -0.4 is 5.19 Å². The Labute approximate surface area is 74.7 Å². The van der Waals surface area contributed by atoms with Crippen LogP contribution in [0.3, 0.4) is 0 Å². The summed E-state index contributed by atoms with van der Waals surface area (Å²) in [6, 6.07) is 11.5. The molecule has 0 amide bonds. The molecule has 58 valence electrons. The molecule has 0 aliphatic rings. The summed E-state index contributed by atoms with van der Waals surface area (Å²) in [5.74, 6) is 0. The molecule has 1 aromatic rings. The monoisotopic (exact) mass is 182 g/mol. The second kappa shape index (κ2) is 4.37. The van der Waals surface area contributed by atoms with Crippen LogP contribution in [0.25, 0.3) is 0 Å². The maximum Gasteiger partial charge on any atom is 0.0600 e. The summed E-state index contributed by atoms with van der Waals surface area (Å²) >= 11 is 5.67. The van der Waals surface area contributed by atoms with Crippen molar-refractivity contribution in [3.8, 4) is 0 Å². The molecule has 0 saturated heterocycles. The third-order valence-electron chi connectivity index (χ3n) is 1.53. The summed E-state index contributed by atoms with van der Waals surface area (Å²) in [6.07, 6.45) is 0. The van der Waals surface area contributed by atoms with Crippen LogP contribution >= 0.6 is 11.6 Å². The van der Waals surface area contributed by atoms with Gasteiger partial charge in [-0.3, -0.25) is 0 Å². The largest absolute Gasteiger partial charge is 0.0901 e. The first kappa shape index (κ1) is 8.56. The number of rotatable bonds is 3. The highest BCUT2D eigenvalue weighted by atomic mass is 35.5. The predicted octanol–water partition coefficient (Wildman–Crippen LogP) is 1.65. The van der Waals surface area contributed by atoms with E-state index in [9.17, 15) is 0 Å². The first-order valence-corrected chi connectivity index (χ1v) is 5.75. The molecule has 0 unspecified atom stereocenters. The van der Waals surface area contributed by atoms with Gasteiger partial charge >= 0.3 is 0 Å². The molecule has 1 rings (SSSR count). The number of allylic oxidation sites excluding steroid dienone is 1. The van der Waals surface area contributed by atoms with Crippen molar-refractivity contribution < 1.29 is 0 Å². The molecule has 0 heterocycles. The lowest BCUT2D eigenvalue weighted by Crippen LogP contribution is -2.11. The average Bonchev–Trinajstić information content (AvgIpc) is 2.03. The Morgan fingerprint density at radius 1 is 1.36 bits per heavy atom. The van der Waals surface area contributed by atoms with Crippen molar-refractivity contribution in [3.05, 3.63) is 41.9 Å². The van der Waals surface area contributed by atoms with Crippen molar-refractivity contribution in [3.63, 3.8) is 0 Å². The van der Waals surface area contributed by atoms with Crippen LogP contribution in [-0.4, -0.2) is 9.52 Å². The van der Waals surface area contributed by atoms with Crippen LogP contribution in [0.1, 0.15) is 0 Å². The second-order valence-electron chi connectivity index (χ2n) is 2.50. The van der Waals surface area contributed by atoms with Gasteiger partial charge in [-0.2, -0.15) is 0 Å². The number of hydrogen-bond acceptors (Lipinski definition) is 0. The Morgan fingerprint density at radius 2 is 2.00 bits per heavy atom. The fourth-order valence-corrected chi connectivity index (χ4v) is 2.37. The normalized spacial score (nSPS) is 10.6. The van der Waals surface area contributed by atoms with Gasteiger partial charge in [0.25, 0.3) is 0 Å². The van der Waals surface area contributed by atoms with E-state index in [2.05, 4.69) is 30.8 Å². The first-order valence-electron chi connectivity index (χ1n) is 3.66. The van der Waals surface area contributed by atoms with Crippen molar-refractivity contribution >= 4 is 26.3 Å². The smallest absolute Gasteiger partial charge is 0.0600 e. The minimum Gasteiger partial charge on any atom is -0.0901 e. The van der Waals surface area contributed by atoms with E-state index in [1.807, 2.05) is 6.07 Å². The van der Waals surface area contributed by atoms with E-state index < -0.39 is 0 Å². The Bertz CT molecular complexity index is 231. The van der Waals surface area contributed by atoms with E-state index in [1.54, 1.807) is 0 Å². The molecule has 0 radical (unpaired) electrons. The van der Waals surface area contributed by atoms with Gasteiger partial charge in [-0.1, -0.05) is 53.7 Å². The van der Waals surface area contributed by atoms with Crippen LogP contribution in [0, 0.1) is 0 Å². The highest BCUT2D eigenvalue weighted by Crippen LogP contribution is 2.01. The summed E-state index contributed by atoms with van der Waals surface area (Å²) in [5.41, 5.74) is 0. The molecule has 0 N–H and O–H groups in total. The standard InChI is InChI=1S/C9H11ClSi/c1-8(10)7-11-9-5-3-2-4-6-9/h2-6H,1,7,11H2. The van der Waals surface area contributed by atoms with Crippen molar-refractivity contribution in [2.45, 2.75) is 6.04 Å². The molecule has 0 saturated carbocycles. The van der Waals surface area contributed by atoms with Crippen LogP contribution in [0.4, 0.5) is 0 Å². The van der Waals surface area contributed by atoms with Gasteiger partial charge in [0.1, 0.15) is 0 Å². The predicted molar refractivity (Wildman–Crippen MR) is 54.4 cm³/mol.